The Morgan fingerprint density at radius 3 is 2.58 bits per heavy atom. The van der Waals surface area contributed by atoms with Gasteiger partial charge in [-0.15, -0.1) is 11.3 Å². The van der Waals surface area contributed by atoms with Crippen LogP contribution >= 0.6 is 11.3 Å². The molecule has 0 radical (unpaired) electrons. The lowest BCUT2D eigenvalue weighted by atomic mass is 9.79. The number of piperidine rings is 1. The van der Waals surface area contributed by atoms with Gasteiger partial charge in [-0.25, -0.2) is 8.42 Å². The predicted octanol–water partition coefficient (Wildman–Crippen LogP) is 2.41. The van der Waals surface area contributed by atoms with Crippen molar-refractivity contribution in [3.63, 3.8) is 0 Å². The summed E-state index contributed by atoms with van der Waals surface area (Å²) in [6.45, 7) is 5.94. The number of nitrogens with zero attached hydrogens (tertiary/aromatic N) is 1. The highest BCUT2D eigenvalue weighted by Crippen LogP contribution is 2.36. The first kappa shape index (κ1) is 15.0. The van der Waals surface area contributed by atoms with Gasteiger partial charge in [0.25, 0.3) is 0 Å². The summed E-state index contributed by atoms with van der Waals surface area (Å²) >= 11 is 1.41. The van der Waals surface area contributed by atoms with Crippen LogP contribution in [0.15, 0.2) is 16.3 Å². The minimum absolute atomic E-state index is 0.284. The van der Waals surface area contributed by atoms with Crippen molar-refractivity contribution in [3.05, 3.63) is 16.3 Å². The van der Waals surface area contributed by atoms with Crippen LogP contribution in [0.25, 0.3) is 0 Å². The van der Waals surface area contributed by atoms with Gasteiger partial charge >= 0.3 is 0 Å². The van der Waals surface area contributed by atoms with Crippen molar-refractivity contribution >= 4 is 21.4 Å². The van der Waals surface area contributed by atoms with Gasteiger partial charge in [-0.2, -0.15) is 4.31 Å². The molecule has 0 aliphatic carbocycles. The van der Waals surface area contributed by atoms with Crippen molar-refractivity contribution < 1.29 is 8.42 Å². The minimum Gasteiger partial charge on any atom is -0.326 e. The Hall–Kier alpha value is -0.430. The van der Waals surface area contributed by atoms with Crippen molar-refractivity contribution in [2.45, 2.75) is 44.6 Å². The molecule has 108 valence electrons. The van der Waals surface area contributed by atoms with Gasteiger partial charge in [0.05, 0.1) is 4.90 Å². The molecule has 0 amide bonds. The first-order chi connectivity index (χ1) is 8.93. The summed E-state index contributed by atoms with van der Waals surface area (Å²) < 4.78 is 26.8. The van der Waals surface area contributed by atoms with Crippen LogP contribution in [0.4, 0.5) is 0 Å². The molecule has 0 bridgehead atoms. The molecule has 1 fully saturated rings. The molecule has 19 heavy (non-hydrogen) atoms. The summed E-state index contributed by atoms with van der Waals surface area (Å²) in [5.74, 6) is 0. The van der Waals surface area contributed by atoms with Crippen molar-refractivity contribution in [3.8, 4) is 0 Å². The Morgan fingerprint density at radius 1 is 1.42 bits per heavy atom. The summed E-state index contributed by atoms with van der Waals surface area (Å²) in [5, 5.41) is 1.80. The Balaban J connectivity index is 2.19. The zero-order valence-electron chi connectivity index (χ0n) is 11.6. The fraction of sp³-hybridized carbons (Fsp3) is 0.692. The van der Waals surface area contributed by atoms with Crippen molar-refractivity contribution in [1.29, 1.82) is 0 Å². The van der Waals surface area contributed by atoms with E-state index in [-0.39, 0.29) is 12.0 Å². The number of nitrogens with two attached hydrogens (primary N) is 1. The minimum atomic E-state index is -3.36. The van der Waals surface area contributed by atoms with Crippen LogP contribution in [-0.2, 0) is 16.6 Å². The topological polar surface area (TPSA) is 63.4 Å². The molecular weight excluding hydrogens is 280 g/mol. The molecule has 2 rings (SSSR count). The predicted molar refractivity (Wildman–Crippen MR) is 78.6 cm³/mol. The van der Waals surface area contributed by atoms with E-state index in [1.807, 2.05) is 0 Å². The summed E-state index contributed by atoms with van der Waals surface area (Å²) in [4.78, 5) is 1.16. The van der Waals surface area contributed by atoms with E-state index in [1.54, 1.807) is 15.8 Å². The molecule has 4 nitrogen and oxygen atoms in total. The van der Waals surface area contributed by atoms with Gasteiger partial charge in [0.15, 0.2) is 0 Å². The van der Waals surface area contributed by atoms with Crippen molar-refractivity contribution in [1.82, 2.24) is 4.31 Å². The molecule has 2 N–H and O–H groups in total. The lowest BCUT2D eigenvalue weighted by molar-refractivity contribution is 0.169. The van der Waals surface area contributed by atoms with Gasteiger partial charge in [0, 0.05) is 24.5 Å². The van der Waals surface area contributed by atoms with E-state index in [1.165, 1.54) is 11.3 Å². The fourth-order valence-corrected chi connectivity index (χ4v) is 5.21. The Kier molecular flexibility index (Phi) is 4.35. The van der Waals surface area contributed by atoms with Crippen LogP contribution in [0.1, 0.15) is 38.0 Å². The Morgan fingerprint density at radius 2 is 2.05 bits per heavy atom. The van der Waals surface area contributed by atoms with Crippen LogP contribution in [0.3, 0.4) is 0 Å². The smallest absolute Gasteiger partial charge is 0.244 e. The molecule has 1 aliphatic heterocycles. The number of sulfonamides is 1. The molecule has 0 spiro atoms. The van der Waals surface area contributed by atoms with E-state index in [2.05, 4.69) is 13.8 Å². The highest BCUT2D eigenvalue weighted by Gasteiger charge is 2.35. The molecule has 1 aliphatic rings. The molecule has 6 heteroatoms. The van der Waals surface area contributed by atoms with Crippen LogP contribution in [0, 0.1) is 5.41 Å². The second-order valence-corrected chi connectivity index (χ2v) is 8.39. The van der Waals surface area contributed by atoms with Gasteiger partial charge in [0.1, 0.15) is 0 Å². The maximum atomic E-state index is 12.6. The molecule has 0 aromatic carbocycles. The van der Waals surface area contributed by atoms with Gasteiger partial charge in [0.2, 0.25) is 10.0 Å². The normalized spacial score (nSPS) is 20.6. The summed E-state index contributed by atoms with van der Waals surface area (Å²) in [5.41, 5.74) is 5.90. The molecule has 1 aromatic heterocycles. The second-order valence-electron chi connectivity index (χ2n) is 5.48. The van der Waals surface area contributed by atoms with Crippen LogP contribution in [-0.4, -0.2) is 25.8 Å². The zero-order chi connectivity index (χ0) is 14.1. The van der Waals surface area contributed by atoms with Crippen molar-refractivity contribution in [2.24, 2.45) is 11.1 Å². The molecule has 0 saturated carbocycles. The van der Waals surface area contributed by atoms with E-state index in [9.17, 15) is 8.42 Å². The highest BCUT2D eigenvalue weighted by molar-refractivity contribution is 7.89. The first-order valence-corrected chi connectivity index (χ1v) is 9.01. The Bertz CT molecular complexity index is 529. The quantitative estimate of drug-likeness (QED) is 0.929. The third kappa shape index (κ3) is 2.86. The van der Waals surface area contributed by atoms with Gasteiger partial charge in [-0.05, 0) is 29.7 Å². The molecular formula is C13H22N2O2S2. The number of hydrogen-bond acceptors (Lipinski definition) is 4. The summed E-state index contributed by atoms with van der Waals surface area (Å²) in [6, 6.07) is 1.68. The SMILES string of the molecule is CCC1(C)CCN(S(=O)(=O)c2ccsc2CN)CC1. The monoisotopic (exact) mass is 302 g/mol. The number of thiophene rings is 1. The average Bonchev–Trinajstić information content (AvgIpc) is 2.88. The summed E-state index contributed by atoms with van der Waals surface area (Å²) in [6.07, 6.45) is 2.98. The zero-order valence-corrected chi connectivity index (χ0v) is 13.2. The fourth-order valence-electron chi connectivity index (χ4n) is 2.47. The first-order valence-electron chi connectivity index (χ1n) is 6.69. The van der Waals surface area contributed by atoms with E-state index in [0.29, 0.717) is 18.0 Å². The van der Waals surface area contributed by atoms with Gasteiger partial charge in [-0.1, -0.05) is 20.3 Å². The van der Waals surface area contributed by atoms with Crippen molar-refractivity contribution in [2.75, 3.05) is 13.1 Å². The average molecular weight is 302 g/mol. The van der Waals surface area contributed by atoms with E-state index >= 15 is 0 Å². The molecule has 1 saturated heterocycles. The largest absolute Gasteiger partial charge is 0.326 e. The van der Waals surface area contributed by atoms with Crippen LogP contribution in [0.2, 0.25) is 0 Å². The maximum Gasteiger partial charge on any atom is 0.244 e. The lowest BCUT2D eigenvalue weighted by Gasteiger charge is -2.38. The standard InChI is InChI=1S/C13H22N2O2S2/c1-3-13(2)5-7-15(8-6-13)19(16,17)12-4-9-18-11(12)10-14/h4,9H,3,5-8,10,14H2,1-2H3. The molecule has 2 heterocycles. The van der Waals surface area contributed by atoms with E-state index in [4.69, 9.17) is 5.73 Å². The van der Waals surface area contributed by atoms with Gasteiger partial charge < -0.3 is 5.73 Å². The number of rotatable bonds is 4. The van der Waals surface area contributed by atoms with E-state index < -0.39 is 10.0 Å². The van der Waals surface area contributed by atoms with Crippen LogP contribution < -0.4 is 5.73 Å². The molecule has 1 aromatic rings. The summed E-state index contributed by atoms with van der Waals surface area (Å²) in [7, 11) is -3.36. The third-order valence-corrected chi connectivity index (χ3v) is 7.35. The lowest BCUT2D eigenvalue weighted by Crippen LogP contribution is -2.42. The second kappa shape index (κ2) is 5.52. The van der Waals surface area contributed by atoms with E-state index in [0.717, 1.165) is 24.1 Å². The molecule has 0 unspecified atom stereocenters. The molecule has 0 atom stereocenters. The third-order valence-electron chi connectivity index (χ3n) is 4.29. The maximum absolute atomic E-state index is 12.6. The Labute approximate surface area is 119 Å². The number of hydrogen-bond donors (Lipinski definition) is 1. The highest BCUT2D eigenvalue weighted by atomic mass is 32.2. The van der Waals surface area contributed by atoms with Gasteiger partial charge in [-0.3, -0.25) is 0 Å². The van der Waals surface area contributed by atoms with Crippen LogP contribution in [0.5, 0.6) is 0 Å².